The number of piperidine rings is 1. The molecule has 2 aromatic carbocycles. The quantitative estimate of drug-likeness (QED) is 0.800. The number of halogens is 1. The standard InChI is InChI=1S/C21H24FNO2/c1-15-7-5-6-10-23(15)13-17-11-19(22)12-18-14-24-21(25-20(17)18)16-8-3-2-4-9-16/h2-4,8-9,11-12,15,21H,5-7,10,13-14H2,1H3/t15-,21+/m1/s1. The molecule has 0 aliphatic carbocycles. The number of benzene rings is 2. The number of rotatable bonds is 3. The predicted octanol–water partition coefficient (Wildman–Crippen LogP) is 4.81. The van der Waals surface area contributed by atoms with Gasteiger partial charge in [-0.3, -0.25) is 4.90 Å². The van der Waals surface area contributed by atoms with Gasteiger partial charge in [-0.2, -0.15) is 0 Å². The van der Waals surface area contributed by atoms with Crippen LogP contribution in [0.15, 0.2) is 42.5 Å². The first kappa shape index (κ1) is 16.6. The van der Waals surface area contributed by atoms with Crippen molar-refractivity contribution in [1.29, 1.82) is 0 Å². The molecule has 4 rings (SSSR count). The van der Waals surface area contributed by atoms with Crippen molar-refractivity contribution in [2.45, 2.75) is 51.7 Å². The van der Waals surface area contributed by atoms with Gasteiger partial charge in [0, 0.05) is 29.3 Å². The summed E-state index contributed by atoms with van der Waals surface area (Å²) in [5, 5.41) is 0. The zero-order valence-corrected chi connectivity index (χ0v) is 14.6. The Kier molecular flexibility index (Phi) is 4.73. The van der Waals surface area contributed by atoms with Gasteiger partial charge in [-0.15, -0.1) is 0 Å². The van der Waals surface area contributed by atoms with Gasteiger partial charge in [0.15, 0.2) is 0 Å². The van der Waals surface area contributed by atoms with E-state index in [2.05, 4.69) is 11.8 Å². The Morgan fingerprint density at radius 2 is 2.00 bits per heavy atom. The van der Waals surface area contributed by atoms with E-state index in [1.54, 1.807) is 6.07 Å². The number of fused-ring (bicyclic) bond motifs is 1. The second kappa shape index (κ2) is 7.14. The Balaban J connectivity index is 1.61. The summed E-state index contributed by atoms with van der Waals surface area (Å²) in [5.41, 5.74) is 2.70. The summed E-state index contributed by atoms with van der Waals surface area (Å²) in [7, 11) is 0. The third-order valence-corrected chi connectivity index (χ3v) is 5.21. The highest BCUT2D eigenvalue weighted by Crippen LogP contribution is 2.37. The molecule has 0 radical (unpaired) electrons. The second-order valence-electron chi connectivity index (χ2n) is 7.04. The van der Waals surface area contributed by atoms with Gasteiger partial charge in [0.1, 0.15) is 11.6 Å². The number of ether oxygens (including phenoxy) is 2. The summed E-state index contributed by atoms with van der Waals surface area (Å²) in [4.78, 5) is 2.43. The molecule has 0 unspecified atom stereocenters. The average molecular weight is 341 g/mol. The van der Waals surface area contributed by atoms with Crippen LogP contribution in [0.4, 0.5) is 4.39 Å². The first-order valence-electron chi connectivity index (χ1n) is 9.09. The lowest BCUT2D eigenvalue weighted by Crippen LogP contribution is -2.37. The molecular weight excluding hydrogens is 317 g/mol. The minimum absolute atomic E-state index is 0.219. The van der Waals surface area contributed by atoms with Crippen LogP contribution in [0.1, 0.15) is 49.2 Å². The van der Waals surface area contributed by atoms with E-state index in [0.29, 0.717) is 12.6 Å². The minimum atomic E-state index is -0.434. The van der Waals surface area contributed by atoms with E-state index < -0.39 is 6.29 Å². The molecule has 0 N–H and O–H groups in total. The van der Waals surface area contributed by atoms with Crippen molar-refractivity contribution in [3.05, 3.63) is 65.0 Å². The molecule has 2 aliphatic rings. The maximum absolute atomic E-state index is 14.1. The van der Waals surface area contributed by atoms with E-state index in [-0.39, 0.29) is 5.82 Å². The average Bonchev–Trinajstić information content (AvgIpc) is 2.64. The first-order chi connectivity index (χ1) is 12.2. The lowest BCUT2D eigenvalue weighted by Gasteiger charge is -2.35. The summed E-state index contributed by atoms with van der Waals surface area (Å²) in [6, 6.07) is 13.6. The number of hydrogen-bond acceptors (Lipinski definition) is 3. The molecular formula is C21H24FNO2. The Morgan fingerprint density at radius 1 is 1.16 bits per heavy atom. The molecule has 4 heteroatoms. The summed E-state index contributed by atoms with van der Waals surface area (Å²) in [6.07, 6.45) is 3.25. The lowest BCUT2D eigenvalue weighted by atomic mass is 10.0. The third-order valence-electron chi connectivity index (χ3n) is 5.21. The predicted molar refractivity (Wildman–Crippen MR) is 94.7 cm³/mol. The van der Waals surface area contributed by atoms with Gasteiger partial charge in [0.05, 0.1) is 6.61 Å². The van der Waals surface area contributed by atoms with Gasteiger partial charge in [-0.1, -0.05) is 36.8 Å². The first-order valence-corrected chi connectivity index (χ1v) is 9.09. The van der Waals surface area contributed by atoms with Gasteiger partial charge < -0.3 is 9.47 Å². The van der Waals surface area contributed by atoms with Crippen LogP contribution < -0.4 is 4.74 Å². The molecule has 132 valence electrons. The van der Waals surface area contributed by atoms with E-state index in [0.717, 1.165) is 35.5 Å². The molecule has 3 nitrogen and oxygen atoms in total. The van der Waals surface area contributed by atoms with Crippen molar-refractivity contribution in [3.63, 3.8) is 0 Å². The highest BCUT2D eigenvalue weighted by Gasteiger charge is 2.27. The second-order valence-corrected chi connectivity index (χ2v) is 7.04. The fraction of sp³-hybridized carbons (Fsp3) is 0.429. The maximum Gasteiger partial charge on any atom is 0.227 e. The Morgan fingerprint density at radius 3 is 2.80 bits per heavy atom. The zero-order valence-electron chi connectivity index (χ0n) is 14.6. The zero-order chi connectivity index (χ0) is 17.2. The smallest absolute Gasteiger partial charge is 0.227 e. The highest BCUT2D eigenvalue weighted by molar-refractivity contribution is 5.43. The van der Waals surface area contributed by atoms with Crippen LogP contribution in [0.3, 0.4) is 0 Å². The highest BCUT2D eigenvalue weighted by atomic mass is 19.1. The van der Waals surface area contributed by atoms with Gasteiger partial charge >= 0.3 is 0 Å². The third kappa shape index (κ3) is 3.55. The van der Waals surface area contributed by atoms with E-state index in [4.69, 9.17) is 9.47 Å². The summed E-state index contributed by atoms with van der Waals surface area (Å²) in [5.74, 6) is 0.572. The molecule has 2 aromatic rings. The van der Waals surface area contributed by atoms with Crippen molar-refractivity contribution in [2.75, 3.05) is 6.54 Å². The Hall–Kier alpha value is -1.91. The number of hydrogen-bond donors (Lipinski definition) is 0. The Labute approximate surface area is 148 Å². The molecule has 2 atom stereocenters. The molecule has 1 saturated heterocycles. The monoisotopic (exact) mass is 341 g/mol. The van der Waals surface area contributed by atoms with Crippen LogP contribution in [0.5, 0.6) is 5.75 Å². The van der Waals surface area contributed by atoms with Crippen LogP contribution in [-0.2, 0) is 17.9 Å². The van der Waals surface area contributed by atoms with Crippen molar-refractivity contribution < 1.29 is 13.9 Å². The maximum atomic E-state index is 14.1. The molecule has 0 spiro atoms. The number of nitrogens with zero attached hydrogens (tertiary/aromatic N) is 1. The van der Waals surface area contributed by atoms with E-state index in [9.17, 15) is 4.39 Å². The molecule has 0 amide bonds. The van der Waals surface area contributed by atoms with Gasteiger partial charge in [-0.05, 0) is 38.4 Å². The molecule has 0 saturated carbocycles. The van der Waals surface area contributed by atoms with Gasteiger partial charge in [0.2, 0.25) is 6.29 Å². The summed E-state index contributed by atoms with van der Waals surface area (Å²) in [6.45, 7) is 4.41. The van der Waals surface area contributed by atoms with Crippen LogP contribution in [0.2, 0.25) is 0 Å². The molecule has 0 bridgehead atoms. The SMILES string of the molecule is C[C@@H]1CCCCN1Cc1cc(F)cc2c1O[C@@H](c1ccccc1)OC2. The van der Waals surface area contributed by atoms with Crippen LogP contribution in [0, 0.1) is 5.82 Å². The molecule has 0 aromatic heterocycles. The van der Waals surface area contributed by atoms with E-state index in [1.165, 1.54) is 25.3 Å². The Bertz CT molecular complexity index is 734. The van der Waals surface area contributed by atoms with Gasteiger partial charge in [0.25, 0.3) is 0 Å². The molecule has 1 fully saturated rings. The van der Waals surface area contributed by atoms with Crippen molar-refractivity contribution in [3.8, 4) is 5.75 Å². The van der Waals surface area contributed by atoms with Crippen molar-refractivity contribution in [2.24, 2.45) is 0 Å². The van der Waals surface area contributed by atoms with Gasteiger partial charge in [-0.25, -0.2) is 4.39 Å². The van der Waals surface area contributed by atoms with E-state index in [1.807, 2.05) is 30.3 Å². The normalized spacial score (nSPS) is 23.8. The van der Waals surface area contributed by atoms with E-state index >= 15 is 0 Å². The molecule has 2 heterocycles. The summed E-state index contributed by atoms with van der Waals surface area (Å²) < 4.78 is 26.1. The number of likely N-dealkylation sites (tertiary alicyclic amines) is 1. The minimum Gasteiger partial charge on any atom is -0.460 e. The van der Waals surface area contributed by atoms with Crippen LogP contribution in [0.25, 0.3) is 0 Å². The van der Waals surface area contributed by atoms with Crippen LogP contribution in [-0.4, -0.2) is 17.5 Å². The summed E-state index contributed by atoms with van der Waals surface area (Å²) >= 11 is 0. The van der Waals surface area contributed by atoms with Crippen molar-refractivity contribution in [1.82, 2.24) is 4.90 Å². The largest absolute Gasteiger partial charge is 0.460 e. The van der Waals surface area contributed by atoms with Crippen LogP contribution >= 0.6 is 0 Å². The lowest BCUT2D eigenvalue weighted by molar-refractivity contribution is -0.112. The molecule has 25 heavy (non-hydrogen) atoms. The molecule has 2 aliphatic heterocycles. The fourth-order valence-corrected chi connectivity index (χ4v) is 3.78. The topological polar surface area (TPSA) is 21.7 Å². The van der Waals surface area contributed by atoms with Crippen molar-refractivity contribution >= 4 is 0 Å². The fourth-order valence-electron chi connectivity index (χ4n) is 3.78.